The van der Waals surface area contributed by atoms with E-state index in [0.717, 1.165) is 18.4 Å². The van der Waals surface area contributed by atoms with Crippen LogP contribution in [0.2, 0.25) is 5.02 Å². The summed E-state index contributed by atoms with van der Waals surface area (Å²) in [5, 5.41) is 17.6. The molecular formula is C14H15Cl2N3OS. The summed E-state index contributed by atoms with van der Waals surface area (Å²) in [5.41, 5.74) is -0.305. The molecule has 1 aromatic heterocycles. The minimum atomic E-state index is -1.13. The fraction of sp³-hybridized carbons (Fsp3) is 0.500. The van der Waals surface area contributed by atoms with E-state index in [1.165, 1.54) is 0 Å². The van der Waals surface area contributed by atoms with Gasteiger partial charge in [0.1, 0.15) is 10.6 Å². The van der Waals surface area contributed by atoms with Gasteiger partial charge in [-0.25, -0.2) is 0 Å². The van der Waals surface area contributed by atoms with Gasteiger partial charge in [-0.15, -0.1) is 11.6 Å². The van der Waals surface area contributed by atoms with Crippen LogP contribution in [0, 0.1) is 0 Å². The molecule has 1 aliphatic carbocycles. The highest BCUT2D eigenvalue weighted by molar-refractivity contribution is 7.80. The molecule has 2 heterocycles. The second-order valence-electron chi connectivity index (χ2n) is 5.59. The van der Waals surface area contributed by atoms with Gasteiger partial charge in [-0.2, -0.15) is 5.10 Å². The summed E-state index contributed by atoms with van der Waals surface area (Å²) in [6, 6.07) is 1.81. The van der Waals surface area contributed by atoms with Gasteiger partial charge in [0, 0.05) is 31.4 Å². The number of pyridine rings is 1. The standard InChI is InChI=1S/C14H15Cl2N3OS/c15-11-8-17-5-1-10(11)7-14(20,13(16)3-4-13)9-19-12(21)2-6-18-19/h1,5-6,8,20H,2-4,7,9H2. The molecule has 0 amide bonds. The van der Waals surface area contributed by atoms with Gasteiger partial charge >= 0.3 is 0 Å². The van der Waals surface area contributed by atoms with Crippen molar-refractivity contribution in [2.24, 2.45) is 5.10 Å². The van der Waals surface area contributed by atoms with E-state index < -0.39 is 10.5 Å². The van der Waals surface area contributed by atoms with Gasteiger partial charge in [-0.1, -0.05) is 23.8 Å². The molecule has 0 radical (unpaired) electrons. The molecule has 4 nitrogen and oxygen atoms in total. The molecule has 1 saturated carbocycles. The quantitative estimate of drug-likeness (QED) is 0.659. The van der Waals surface area contributed by atoms with Gasteiger partial charge in [0.15, 0.2) is 0 Å². The molecule has 0 spiro atoms. The van der Waals surface area contributed by atoms with Gasteiger partial charge in [0.2, 0.25) is 0 Å². The van der Waals surface area contributed by atoms with E-state index in [9.17, 15) is 5.11 Å². The summed E-state index contributed by atoms with van der Waals surface area (Å²) in [6.45, 7) is 0.282. The highest BCUT2D eigenvalue weighted by Gasteiger charge is 2.58. The van der Waals surface area contributed by atoms with E-state index in [0.29, 0.717) is 22.9 Å². The first-order valence-corrected chi connectivity index (χ1v) is 7.92. The first-order chi connectivity index (χ1) is 9.94. The SMILES string of the molecule is OC(Cc1ccncc1Cl)(CN1N=CCC1=S)C1(Cl)CC1. The van der Waals surface area contributed by atoms with Crippen LogP contribution >= 0.6 is 35.4 Å². The second-order valence-corrected chi connectivity index (χ2v) is 7.20. The Morgan fingerprint density at radius 2 is 2.24 bits per heavy atom. The maximum absolute atomic E-state index is 11.2. The summed E-state index contributed by atoms with van der Waals surface area (Å²) in [6.07, 6.45) is 7.52. The topological polar surface area (TPSA) is 48.7 Å². The number of nitrogens with zero attached hydrogens (tertiary/aromatic N) is 3. The van der Waals surface area contributed by atoms with E-state index in [1.54, 1.807) is 23.6 Å². The molecule has 1 aliphatic heterocycles. The molecule has 1 atom stereocenters. The zero-order chi connectivity index (χ0) is 15.1. The number of thiocarbonyl (C=S) groups is 1. The van der Waals surface area contributed by atoms with Crippen molar-refractivity contribution >= 4 is 46.6 Å². The van der Waals surface area contributed by atoms with Gasteiger partial charge < -0.3 is 5.11 Å². The third-order valence-electron chi connectivity index (χ3n) is 4.05. The largest absolute Gasteiger partial charge is 0.386 e. The molecule has 21 heavy (non-hydrogen) atoms. The Hall–Kier alpha value is -0.750. The predicted molar refractivity (Wildman–Crippen MR) is 88.1 cm³/mol. The molecule has 1 aromatic rings. The molecule has 1 fully saturated rings. The Kier molecular flexibility index (Phi) is 3.94. The van der Waals surface area contributed by atoms with Crippen molar-refractivity contribution in [2.45, 2.75) is 36.2 Å². The van der Waals surface area contributed by atoms with Crippen LogP contribution in [0.5, 0.6) is 0 Å². The second kappa shape index (κ2) is 5.47. The number of β-amino-alcohol motifs (C(OH)–C–C–N with tert-alkyl or cyclic N) is 1. The summed E-state index contributed by atoms with van der Waals surface area (Å²) >= 11 is 18.0. The van der Waals surface area contributed by atoms with Crippen molar-refractivity contribution in [1.29, 1.82) is 0 Å². The van der Waals surface area contributed by atoms with Crippen LogP contribution in [-0.2, 0) is 6.42 Å². The number of aromatic nitrogens is 1. The number of halogens is 2. The van der Waals surface area contributed by atoms with E-state index >= 15 is 0 Å². The number of hydrogen-bond donors (Lipinski definition) is 1. The maximum Gasteiger partial charge on any atom is 0.107 e. The molecule has 0 saturated heterocycles. The van der Waals surface area contributed by atoms with E-state index in [1.807, 2.05) is 6.07 Å². The Labute approximate surface area is 138 Å². The first-order valence-electron chi connectivity index (χ1n) is 6.76. The molecule has 7 heteroatoms. The molecule has 0 aromatic carbocycles. The van der Waals surface area contributed by atoms with Crippen LogP contribution in [-0.4, -0.2) is 43.3 Å². The van der Waals surface area contributed by atoms with E-state index in [2.05, 4.69) is 10.1 Å². The van der Waals surface area contributed by atoms with Gasteiger partial charge in [-0.3, -0.25) is 9.99 Å². The van der Waals surface area contributed by atoms with E-state index in [4.69, 9.17) is 35.4 Å². The summed E-state index contributed by atoms with van der Waals surface area (Å²) in [5.74, 6) is 0. The Morgan fingerprint density at radius 3 is 2.81 bits per heavy atom. The average Bonchev–Trinajstić information content (AvgIpc) is 3.09. The lowest BCUT2D eigenvalue weighted by Gasteiger charge is -2.36. The average molecular weight is 344 g/mol. The van der Waals surface area contributed by atoms with Crippen molar-refractivity contribution in [3.05, 3.63) is 29.0 Å². The van der Waals surface area contributed by atoms with Crippen molar-refractivity contribution in [1.82, 2.24) is 9.99 Å². The number of rotatable bonds is 5. The van der Waals surface area contributed by atoms with Crippen molar-refractivity contribution in [3.63, 3.8) is 0 Å². The number of hydrogen-bond acceptors (Lipinski definition) is 4. The van der Waals surface area contributed by atoms with Crippen LogP contribution in [0.15, 0.2) is 23.6 Å². The Morgan fingerprint density at radius 1 is 1.48 bits per heavy atom. The van der Waals surface area contributed by atoms with Crippen LogP contribution < -0.4 is 0 Å². The summed E-state index contributed by atoms with van der Waals surface area (Å²) in [4.78, 5) is 4.04. The van der Waals surface area contributed by atoms with Gasteiger partial charge in [-0.05, 0) is 24.5 Å². The molecule has 3 rings (SSSR count). The van der Waals surface area contributed by atoms with Crippen LogP contribution in [0.1, 0.15) is 24.8 Å². The smallest absolute Gasteiger partial charge is 0.107 e. The minimum Gasteiger partial charge on any atom is -0.386 e. The fourth-order valence-electron chi connectivity index (χ4n) is 2.56. The monoisotopic (exact) mass is 343 g/mol. The lowest BCUT2D eigenvalue weighted by Crippen LogP contribution is -2.51. The normalized spacial score (nSPS) is 22.4. The van der Waals surface area contributed by atoms with Gasteiger partial charge in [0.05, 0.1) is 16.4 Å². The Balaban J connectivity index is 1.85. The van der Waals surface area contributed by atoms with Crippen molar-refractivity contribution < 1.29 is 5.11 Å². The molecule has 112 valence electrons. The molecule has 1 unspecified atom stereocenters. The molecule has 2 aliphatic rings. The first kappa shape index (κ1) is 15.2. The van der Waals surface area contributed by atoms with Crippen LogP contribution in [0.3, 0.4) is 0 Å². The molecular weight excluding hydrogens is 329 g/mol. The highest BCUT2D eigenvalue weighted by Crippen LogP contribution is 2.52. The number of aliphatic hydroxyl groups is 1. The fourth-order valence-corrected chi connectivity index (χ4v) is 3.15. The molecule has 0 bridgehead atoms. The van der Waals surface area contributed by atoms with Gasteiger partial charge in [0.25, 0.3) is 0 Å². The number of alkyl halides is 1. The minimum absolute atomic E-state index is 0.282. The lowest BCUT2D eigenvalue weighted by molar-refractivity contribution is 0.00986. The maximum atomic E-state index is 11.2. The zero-order valence-electron chi connectivity index (χ0n) is 11.3. The summed E-state index contributed by atoms with van der Waals surface area (Å²) in [7, 11) is 0. The number of hydrazone groups is 1. The lowest BCUT2D eigenvalue weighted by atomic mass is 9.89. The summed E-state index contributed by atoms with van der Waals surface area (Å²) < 4.78 is 0. The van der Waals surface area contributed by atoms with Crippen LogP contribution in [0.4, 0.5) is 0 Å². The zero-order valence-corrected chi connectivity index (χ0v) is 13.6. The van der Waals surface area contributed by atoms with E-state index in [-0.39, 0.29) is 6.54 Å². The third kappa shape index (κ3) is 2.93. The Bertz CT molecular complexity index is 606. The highest BCUT2D eigenvalue weighted by atomic mass is 35.5. The third-order valence-corrected chi connectivity index (χ3v) is 5.50. The molecule has 1 N–H and O–H groups in total. The van der Waals surface area contributed by atoms with Crippen LogP contribution in [0.25, 0.3) is 0 Å². The predicted octanol–water partition coefficient (Wildman–Crippen LogP) is 2.80. The van der Waals surface area contributed by atoms with Crippen molar-refractivity contribution in [2.75, 3.05) is 6.54 Å². The van der Waals surface area contributed by atoms with Crippen molar-refractivity contribution in [3.8, 4) is 0 Å².